The van der Waals surface area contributed by atoms with Gasteiger partial charge in [-0.15, -0.1) is 10.2 Å². The van der Waals surface area contributed by atoms with Gasteiger partial charge in [0.2, 0.25) is 11.0 Å². The molecule has 27 heavy (non-hydrogen) atoms. The molecule has 1 aliphatic heterocycles. The van der Waals surface area contributed by atoms with Crippen LogP contribution in [-0.2, 0) is 11.3 Å². The van der Waals surface area contributed by atoms with Crippen LogP contribution >= 0.6 is 23.1 Å². The van der Waals surface area contributed by atoms with E-state index in [0.29, 0.717) is 11.7 Å². The summed E-state index contributed by atoms with van der Waals surface area (Å²) < 4.78 is 6.09. The standard InChI is InChI=1S/C19H20N4O2S2/c24-17(23-10-4-5-11-23)16(14-7-2-1-3-8-14)26-19-22-21-18(27-19)20-13-15-9-6-12-25-15/h1-3,6-9,12,16H,4-5,10-11,13H2,(H,20,21). The van der Waals surface area contributed by atoms with Gasteiger partial charge >= 0.3 is 0 Å². The predicted octanol–water partition coefficient (Wildman–Crippen LogP) is 4.20. The van der Waals surface area contributed by atoms with E-state index >= 15 is 0 Å². The number of amides is 1. The molecular weight excluding hydrogens is 380 g/mol. The van der Waals surface area contributed by atoms with Crippen LogP contribution < -0.4 is 5.32 Å². The van der Waals surface area contributed by atoms with E-state index in [-0.39, 0.29) is 11.2 Å². The number of nitrogens with one attached hydrogen (secondary N) is 1. The van der Waals surface area contributed by atoms with E-state index in [4.69, 9.17) is 4.42 Å². The molecule has 1 N–H and O–H groups in total. The summed E-state index contributed by atoms with van der Waals surface area (Å²) in [7, 11) is 0. The lowest BCUT2D eigenvalue weighted by atomic mass is 10.1. The first-order valence-corrected chi connectivity index (χ1v) is 10.6. The summed E-state index contributed by atoms with van der Waals surface area (Å²) in [6.07, 6.45) is 3.81. The van der Waals surface area contributed by atoms with Gasteiger partial charge in [-0.3, -0.25) is 4.79 Å². The third kappa shape index (κ3) is 4.51. The van der Waals surface area contributed by atoms with Crippen molar-refractivity contribution >= 4 is 34.1 Å². The normalized spacial score (nSPS) is 15.0. The van der Waals surface area contributed by atoms with Crippen LogP contribution in [0.2, 0.25) is 0 Å². The van der Waals surface area contributed by atoms with Gasteiger partial charge in [0.1, 0.15) is 11.0 Å². The molecule has 140 valence electrons. The second kappa shape index (κ2) is 8.58. The molecule has 4 rings (SSSR count). The molecule has 1 amide bonds. The van der Waals surface area contributed by atoms with Crippen molar-refractivity contribution in [2.75, 3.05) is 18.4 Å². The molecule has 6 nitrogen and oxygen atoms in total. The van der Waals surface area contributed by atoms with Crippen molar-refractivity contribution < 1.29 is 9.21 Å². The fraction of sp³-hybridized carbons (Fsp3) is 0.316. The number of rotatable bonds is 7. The Hall–Kier alpha value is -2.32. The van der Waals surface area contributed by atoms with Gasteiger partial charge < -0.3 is 14.6 Å². The molecule has 8 heteroatoms. The minimum Gasteiger partial charge on any atom is -0.467 e. The molecule has 2 aromatic heterocycles. The van der Waals surface area contributed by atoms with Crippen LogP contribution in [0.4, 0.5) is 5.13 Å². The Kier molecular flexibility index (Phi) is 5.74. The SMILES string of the molecule is O=C(C(Sc1nnc(NCc2ccco2)s1)c1ccccc1)N1CCCC1. The van der Waals surface area contributed by atoms with Crippen molar-refractivity contribution in [1.29, 1.82) is 0 Å². The maximum absolute atomic E-state index is 13.1. The molecule has 0 aliphatic carbocycles. The predicted molar refractivity (Wildman–Crippen MR) is 107 cm³/mol. The van der Waals surface area contributed by atoms with Crippen LogP contribution in [0.25, 0.3) is 0 Å². The number of carbonyl (C=O) groups excluding carboxylic acids is 1. The van der Waals surface area contributed by atoms with Crippen molar-refractivity contribution in [3.8, 4) is 0 Å². The third-order valence-electron chi connectivity index (χ3n) is 4.36. The summed E-state index contributed by atoms with van der Waals surface area (Å²) in [6.45, 7) is 2.24. The topological polar surface area (TPSA) is 71.3 Å². The Balaban J connectivity index is 1.47. The summed E-state index contributed by atoms with van der Waals surface area (Å²) in [5, 5.41) is 12.1. The molecule has 1 saturated heterocycles. The number of likely N-dealkylation sites (tertiary alicyclic amines) is 1. The minimum atomic E-state index is -0.296. The fourth-order valence-corrected chi connectivity index (χ4v) is 5.02. The summed E-state index contributed by atoms with van der Waals surface area (Å²) >= 11 is 2.93. The first-order chi connectivity index (χ1) is 13.3. The highest BCUT2D eigenvalue weighted by molar-refractivity contribution is 8.01. The van der Waals surface area contributed by atoms with Crippen molar-refractivity contribution in [3.63, 3.8) is 0 Å². The van der Waals surface area contributed by atoms with Crippen molar-refractivity contribution in [2.24, 2.45) is 0 Å². The zero-order valence-corrected chi connectivity index (χ0v) is 16.3. The van der Waals surface area contributed by atoms with E-state index in [1.807, 2.05) is 47.4 Å². The lowest BCUT2D eigenvalue weighted by Gasteiger charge is -2.22. The fourth-order valence-electron chi connectivity index (χ4n) is 3.00. The molecule has 0 bridgehead atoms. The number of thioether (sulfide) groups is 1. The number of hydrogen-bond donors (Lipinski definition) is 1. The molecule has 1 unspecified atom stereocenters. The van der Waals surface area contributed by atoms with E-state index in [2.05, 4.69) is 15.5 Å². The van der Waals surface area contributed by atoms with Crippen LogP contribution in [0.3, 0.4) is 0 Å². The third-order valence-corrected chi connectivity index (χ3v) is 6.57. The zero-order valence-electron chi connectivity index (χ0n) is 14.7. The Bertz CT molecular complexity index is 861. The van der Waals surface area contributed by atoms with Crippen LogP contribution in [-0.4, -0.2) is 34.1 Å². The average Bonchev–Trinajstić information content (AvgIpc) is 3.48. The van der Waals surface area contributed by atoms with Crippen molar-refractivity contribution in [3.05, 3.63) is 60.1 Å². The van der Waals surface area contributed by atoms with Crippen LogP contribution in [0, 0.1) is 0 Å². The highest BCUT2D eigenvalue weighted by Crippen LogP contribution is 2.39. The number of anilines is 1. The quantitative estimate of drug-likeness (QED) is 0.600. The first-order valence-electron chi connectivity index (χ1n) is 8.90. The smallest absolute Gasteiger partial charge is 0.240 e. The van der Waals surface area contributed by atoms with E-state index in [1.54, 1.807) is 6.26 Å². The maximum Gasteiger partial charge on any atom is 0.240 e. The molecule has 0 radical (unpaired) electrons. The number of carbonyl (C=O) groups is 1. The van der Waals surface area contributed by atoms with Gasteiger partial charge in [0, 0.05) is 13.1 Å². The van der Waals surface area contributed by atoms with E-state index in [9.17, 15) is 4.79 Å². The molecular formula is C19H20N4O2S2. The molecule has 1 aliphatic rings. The lowest BCUT2D eigenvalue weighted by molar-refractivity contribution is -0.129. The van der Waals surface area contributed by atoms with Gasteiger partial charge in [-0.2, -0.15) is 0 Å². The zero-order chi connectivity index (χ0) is 18.5. The molecule has 3 heterocycles. The van der Waals surface area contributed by atoms with Gasteiger partial charge in [0.25, 0.3) is 0 Å². The molecule has 3 aromatic rings. The molecule has 1 fully saturated rings. The van der Waals surface area contributed by atoms with E-state index in [1.165, 1.54) is 23.1 Å². The number of benzene rings is 1. The number of nitrogens with zero attached hydrogens (tertiary/aromatic N) is 3. The highest BCUT2D eigenvalue weighted by Gasteiger charge is 2.29. The van der Waals surface area contributed by atoms with Crippen molar-refractivity contribution in [1.82, 2.24) is 15.1 Å². The van der Waals surface area contributed by atoms with E-state index in [0.717, 1.165) is 41.6 Å². The number of furan rings is 1. The van der Waals surface area contributed by atoms with Crippen LogP contribution in [0.1, 0.15) is 29.4 Å². The Morgan fingerprint density at radius 3 is 2.74 bits per heavy atom. The second-order valence-electron chi connectivity index (χ2n) is 6.25. The van der Waals surface area contributed by atoms with Crippen LogP contribution in [0.15, 0.2) is 57.5 Å². The summed E-state index contributed by atoms with van der Waals surface area (Å²) in [6, 6.07) is 13.7. The Morgan fingerprint density at radius 2 is 2.00 bits per heavy atom. The summed E-state index contributed by atoms with van der Waals surface area (Å²) in [5.74, 6) is 0.995. The maximum atomic E-state index is 13.1. The van der Waals surface area contributed by atoms with Gasteiger partial charge in [-0.25, -0.2) is 0 Å². The van der Waals surface area contributed by atoms with Crippen LogP contribution in [0.5, 0.6) is 0 Å². The molecule has 1 aromatic carbocycles. The second-order valence-corrected chi connectivity index (χ2v) is 8.58. The Morgan fingerprint density at radius 1 is 1.19 bits per heavy atom. The summed E-state index contributed by atoms with van der Waals surface area (Å²) in [4.78, 5) is 15.0. The van der Waals surface area contributed by atoms with Gasteiger partial charge in [-0.05, 0) is 30.5 Å². The molecule has 0 saturated carbocycles. The Labute approximate surface area is 166 Å². The minimum absolute atomic E-state index is 0.156. The summed E-state index contributed by atoms with van der Waals surface area (Å²) in [5.41, 5.74) is 1.000. The highest BCUT2D eigenvalue weighted by atomic mass is 32.2. The molecule has 1 atom stereocenters. The lowest BCUT2D eigenvalue weighted by Crippen LogP contribution is -2.31. The number of hydrogen-bond acceptors (Lipinski definition) is 7. The monoisotopic (exact) mass is 400 g/mol. The van der Waals surface area contributed by atoms with Gasteiger partial charge in [0.05, 0.1) is 12.8 Å². The largest absolute Gasteiger partial charge is 0.467 e. The van der Waals surface area contributed by atoms with Gasteiger partial charge in [-0.1, -0.05) is 53.4 Å². The van der Waals surface area contributed by atoms with Crippen molar-refractivity contribution in [2.45, 2.75) is 29.0 Å². The first kappa shape index (κ1) is 18.1. The average molecular weight is 401 g/mol. The van der Waals surface area contributed by atoms with Gasteiger partial charge in [0.15, 0.2) is 4.34 Å². The number of aromatic nitrogens is 2. The van der Waals surface area contributed by atoms with E-state index < -0.39 is 0 Å². The molecule has 0 spiro atoms.